The van der Waals surface area contributed by atoms with Gasteiger partial charge in [0.15, 0.2) is 0 Å². The molecule has 2 fully saturated rings. The van der Waals surface area contributed by atoms with E-state index in [0.29, 0.717) is 30.8 Å². The van der Waals surface area contributed by atoms with Gasteiger partial charge in [0, 0.05) is 30.3 Å². The second-order valence-electron chi connectivity index (χ2n) is 14.9. The summed E-state index contributed by atoms with van der Waals surface area (Å²) >= 11 is 0. The molecule has 9 unspecified atom stereocenters. The minimum absolute atomic E-state index is 0.140. The fourth-order valence-corrected chi connectivity index (χ4v) is 10.1. The minimum atomic E-state index is -0.883. The molecule has 0 spiro atoms. The third-order valence-electron chi connectivity index (χ3n) is 12.5. The van der Waals surface area contributed by atoms with E-state index in [-0.39, 0.29) is 46.1 Å². The molecule has 0 aliphatic heterocycles. The summed E-state index contributed by atoms with van der Waals surface area (Å²) in [5.74, 6) is -0.747. The van der Waals surface area contributed by atoms with Gasteiger partial charge in [-0.1, -0.05) is 53.2 Å². The van der Waals surface area contributed by atoms with Crippen LogP contribution < -0.4 is 0 Å². The number of carbonyl (C=O) groups excluding carboxylic acids is 2. The Kier molecular flexibility index (Phi) is 8.40. The number of allylic oxidation sites excluding steroid dienone is 2. The second-order valence-corrected chi connectivity index (χ2v) is 14.9. The third kappa shape index (κ3) is 4.98. The van der Waals surface area contributed by atoms with Crippen molar-refractivity contribution in [2.45, 2.75) is 132 Å². The highest BCUT2D eigenvalue weighted by molar-refractivity contribution is 5.85. The zero-order valence-electron chi connectivity index (χ0n) is 26.6. The van der Waals surface area contributed by atoms with Crippen molar-refractivity contribution >= 4 is 17.9 Å². The molecule has 41 heavy (non-hydrogen) atoms. The number of hydrogen-bond acceptors (Lipinski definition) is 6. The van der Waals surface area contributed by atoms with E-state index in [4.69, 9.17) is 9.47 Å². The van der Waals surface area contributed by atoms with Crippen molar-refractivity contribution in [3.8, 4) is 0 Å². The van der Waals surface area contributed by atoms with E-state index < -0.39 is 23.6 Å². The van der Waals surface area contributed by atoms with E-state index >= 15 is 0 Å². The lowest BCUT2D eigenvalue weighted by atomic mass is 9.42. The molecule has 0 aromatic rings. The monoisotopic (exact) mass is 572 g/mol. The van der Waals surface area contributed by atoms with Crippen LogP contribution in [-0.4, -0.2) is 46.4 Å². The summed E-state index contributed by atoms with van der Waals surface area (Å²) < 4.78 is 12.0. The number of ether oxygens (including phenoxy) is 2. The number of carbonyl (C=O) groups is 3. The molecule has 0 amide bonds. The Balaban J connectivity index is 1.76. The summed E-state index contributed by atoms with van der Waals surface area (Å²) in [6.45, 7) is 18.1. The molecule has 7 heteroatoms. The van der Waals surface area contributed by atoms with Crippen molar-refractivity contribution in [2.24, 2.45) is 39.4 Å². The lowest BCUT2D eigenvalue weighted by Crippen LogP contribution is -2.60. The molecule has 0 aromatic carbocycles. The molecule has 230 valence electrons. The van der Waals surface area contributed by atoms with Crippen LogP contribution in [0.3, 0.4) is 0 Å². The van der Waals surface area contributed by atoms with Gasteiger partial charge in [-0.05, 0) is 92.4 Å². The highest BCUT2D eigenvalue weighted by Gasteiger charge is 2.68. The van der Waals surface area contributed by atoms with Crippen molar-refractivity contribution in [1.82, 2.24) is 0 Å². The van der Waals surface area contributed by atoms with Crippen LogP contribution >= 0.6 is 0 Å². The lowest BCUT2D eigenvalue weighted by molar-refractivity contribution is -0.173. The third-order valence-corrected chi connectivity index (χ3v) is 12.5. The number of carboxylic acids is 1. The molecular weight excluding hydrogens is 520 g/mol. The van der Waals surface area contributed by atoms with Crippen molar-refractivity contribution in [2.75, 3.05) is 0 Å². The van der Waals surface area contributed by atoms with E-state index in [9.17, 15) is 24.6 Å². The number of rotatable bonds is 7. The van der Waals surface area contributed by atoms with Crippen LogP contribution in [0, 0.1) is 39.4 Å². The summed E-state index contributed by atoms with van der Waals surface area (Å²) in [6.07, 6.45) is 7.03. The number of aliphatic carboxylic acids is 1. The molecule has 0 saturated heterocycles. The van der Waals surface area contributed by atoms with Gasteiger partial charge in [-0.15, -0.1) is 0 Å². The van der Waals surface area contributed by atoms with E-state index in [1.165, 1.54) is 19.4 Å². The lowest BCUT2D eigenvalue weighted by Gasteiger charge is -2.63. The first-order valence-corrected chi connectivity index (χ1v) is 15.6. The molecule has 7 nitrogen and oxygen atoms in total. The zero-order valence-corrected chi connectivity index (χ0v) is 26.6. The van der Waals surface area contributed by atoms with Gasteiger partial charge in [0.1, 0.15) is 12.2 Å². The van der Waals surface area contributed by atoms with Crippen LogP contribution in [0.25, 0.3) is 0 Å². The Bertz CT molecular complexity index is 1150. The molecular formula is C34H52O7. The van der Waals surface area contributed by atoms with Gasteiger partial charge >= 0.3 is 17.9 Å². The number of fused-ring (bicyclic) bond motifs is 4. The van der Waals surface area contributed by atoms with Gasteiger partial charge in [0.25, 0.3) is 0 Å². The van der Waals surface area contributed by atoms with Crippen molar-refractivity contribution in [1.29, 1.82) is 0 Å². The van der Waals surface area contributed by atoms with E-state index in [2.05, 4.69) is 41.5 Å². The minimum Gasteiger partial charge on any atom is -0.478 e. The Hall–Kier alpha value is -2.15. The predicted molar refractivity (Wildman–Crippen MR) is 157 cm³/mol. The topological polar surface area (TPSA) is 110 Å². The first-order chi connectivity index (χ1) is 18.9. The van der Waals surface area contributed by atoms with Crippen LogP contribution in [0.2, 0.25) is 0 Å². The molecule has 0 heterocycles. The first kappa shape index (κ1) is 31.8. The predicted octanol–water partition coefficient (Wildman–Crippen LogP) is 6.63. The van der Waals surface area contributed by atoms with Gasteiger partial charge in [-0.2, -0.15) is 0 Å². The van der Waals surface area contributed by atoms with Crippen LogP contribution in [0.15, 0.2) is 22.8 Å². The molecule has 0 aromatic heterocycles. The van der Waals surface area contributed by atoms with Crippen molar-refractivity contribution < 1.29 is 34.1 Å². The SMILES string of the molecule is CC(=O)OC1CC2C(C)(CCC(OC(C)=O)C2(C)C)C2=C1C1(C)C(O)CC(C(C)CC/C=C(/C)C(=O)O)C1(C)CC2. The molecule has 4 aliphatic carbocycles. The highest BCUT2D eigenvalue weighted by Crippen LogP contribution is 2.73. The van der Waals surface area contributed by atoms with Gasteiger partial charge in [0.05, 0.1) is 6.10 Å². The zero-order chi connectivity index (χ0) is 30.7. The van der Waals surface area contributed by atoms with Crippen LogP contribution in [0.5, 0.6) is 0 Å². The molecule has 4 aliphatic rings. The van der Waals surface area contributed by atoms with E-state index in [1.807, 2.05) is 0 Å². The summed E-state index contributed by atoms with van der Waals surface area (Å²) in [5.41, 5.74) is 1.68. The molecule has 0 radical (unpaired) electrons. The summed E-state index contributed by atoms with van der Waals surface area (Å²) in [4.78, 5) is 35.8. The average Bonchev–Trinajstić information content (AvgIpc) is 3.07. The number of esters is 2. The number of aliphatic hydroxyl groups is 1. The Morgan fingerprint density at radius 3 is 2.22 bits per heavy atom. The summed E-state index contributed by atoms with van der Waals surface area (Å²) in [5, 5.41) is 21.2. The Morgan fingerprint density at radius 1 is 1.00 bits per heavy atom. The maximum Gasteiger partial charge on any atom is 0.330 e. The van der Waals surface area contributed by atoms with Gasteiger partial charge < -0.3 is 19.7 Å². The fourth-order valence-electron chi connectivity index (χ4n) is 10.1. The maximum atomic E-state index is 12.5. The Labute approximate surface area is 246 Å². The number of carboxylic acid groups (broad SMARTS) is 1. The number of hydrogen-bond donors (Lipinski definition) is 2. The molecule has 0 bridgehead atoms. The summed E-state index contributed by atoms with van der Waals surface area (Å²) in [6, 6.07) is 0. The average molecular weight is 573 g/mol. The summed E-state index contributed by atoms with van der Waals surface area (Å²) in [7, 11) is 0. The van der Waals surface area contributed by atoms with Crippen LogP contribution in [-0.2, 0) is 23.9 Å². The maximum absolute atomic E-state index is 12.5. The Morgan fingerprint density at radius 2 is 1.63 bits per heavy atom. The standard InChI is InChI=1S/C34H52O7/c1-19(11-10-12-20(2)30(38)39)24-17-27(37)34(9)29-23(13-16-33(24,34)8)32(7)15-14-28(41-22(4)36)31(5,6)26(32)18-25(29)40-21(3)35/h12,19,24-28,37H,10-11,13-18H2,1-9H3,(H,38,39)/b20-12-. The smallest absolute Gasteiger partial charge is 0.330 e. The first-order valence-electron chi connectivity index (χ1n) is 15.6. The molecule has 4 rings (SSSR count). The quantitative estimate of drug-likeness (QED) is 0.200. The number of aliphatic hydroxyl groups excluding tert-OH is 1. The van der Waals surface area contributed by atoms with Gasteiger partial charge in [-0.3, -0.25) is 9.59 Å². The van der Waals surface area contributed by atoms with Gasteiger partial charge in [0.2, 0.25) is 0 Å². The van der Waals surface area contributed by atoms with Gasteiger partial charge in [-0.25, -0.2) is 4.79 Å². The van der Waals surface area contributed by atoms with Crippen LogP contribution in [0.1, 0.15) is 114 Å². The second kappa shape index (κ2) is 10.8. The normalized spacial score (nSPS) is 40.6. The van der Waals surface area contributed by atoms with Crippen LogP contribution in [0.4, 0.5) is 0 Å². The van der Waals surface area contributed by atoms with E-state index in [1.54, 1.807) is 13.0 Å². The van der Waals surface area contributed by atoms with Crippen molar-refractivity contribution in [3.05, 3.63) is 22.8 Å². The molecule has 2 N–H and O–H groups in total. The van der Waals surface area contributed by atoms with E-state index in [0.717, 1.165) is 37.7 Å². The highest BCUT2D eigenvalue weighted by atomic mass is 16.5. The fraction of sp³-hybridized carbons (Fsp3) is 0.794. The largest absolute Gasteiger partial charge is 0.478 e. The molecule has 2 saturated carbocycles. The molecule has 9 atom stereocenters. The van der Waals surface area contributed by atoms with Crippen molar-refractivity contribution in [3.63, 3.8) is 0 Å².